The number of rotatable bonds is 2. The van der Waals surface area contributed by atoms with Crippen molar-refractivity contribution in [3.05, 3.63) is 28.6 Å². The molecule has 7 heteroatoms. The monoisotopic (exact) mass is 336 g/mol. The van der Waals surface area contributed by atoms with Crippen LogP contribution in [0.3, 0.4) is 0 Å². The first-order chi connectivity index (χ1) is 9.63. The number of nitrogen functional groups attached to an aromatic ring is 1. The topological polar surface area (TPSA) is 72.9 Å². The van der Waals surface area contributed by atoms with Crippen molar-refractivity contribution in [3.8, 4) is 0 Å². The molecule has 1 fully saturated rings. The number of hydrogen-bond acceptors (Lipinski definition) is 5. The van der Waals surface area contributed by atoms with Gasteiger partial charge in [0.05, 0.1) is 0 Å². The highest BCUT2D eigenvalue weighted by Gasteiger charge is 2.24. The molecule has 0 amide bonds. The third-order valence-corrected chi connectivity index (χ3v) is 4.20. The maximum Gasteiger partial charge on any atom is 0.218 e. The van der Waals surface area contributed by atoms with Crippen LogP contribution in [-0.4, -0.2) is 32.8 Å². The van der Waals surface area contributed by atoms with Crippen LogP contribution >= 0.6 is 15.9 Å². The van der Waals surface area contributed by atoms with E-state index in [0.29, 0.717) is 11.9 Å². The Morgan fingerprint density at radius 1 is 1.35 bits per heavy atom. The lowest BCUT2D eigenvalue weighted by Crippen LogP contribution is -2.33. The van der Waals surface area contributed by atoms with Crippen LogP contribution in [0.25, 0.3) is 0 Å². The van der Waals surface area contributed by atoms with Gasteiger partial charge in [0.15, 0.2) is 5.82 Å². The summed E-state index contributed by atoms with van der Waals surface area (Å²) < 4.78 is 2.70. The van der Waals surface area contributed by atoms with Gasteiger partial charge >= 0.3 is 0 Å². The summed E-state index contributed by atoms with van der Waals surface area (Å²) in [5.41, 5.74) is 5.75. The second-order valence-electron chi connectivity index (χ2n) is 5.05. The average molecular weight is 337 g/mol. The molecule has 1 aliphatic heterocycles. The summed E-state index contributed by atoms with van der Waals surface area (Å²) in [6.07, 6.45) is 3.88. The van der Waals surface area contributed by atoms with Crippen molar-refractivity contribution in [1.29, 1.82) is 0 Å². The van der Waals surface area contributed by atoms with Gasteiger partial charge in [-0.25, -0.2) is 9.67 Å². The number of nitrogens with two attached hydrogens (primary N) is 1. The first kappa shape index (κ1) is 13.4. The van der Waals surface area contributed by atoms with Crippen molar-refractivity contribution in [3.63, 3.8) is 0 Å². The fourth-order valence-electron chi connectivity index (χ4n) is 2.52. The number of aromatic nitrogens is 4. The van der Waals surface area contributed by atoms with Crippen LogP contribution in [0.4, 0.5) is 11.8 Å². The molecule has 0 radical (unpaired) electrons. The minimum absolute atomic E-state index is 0.391. The Balaban J connectivity index is 1.67. The van der Waals surface area contributed by atoms with Gasteiger partial charge in [-0.2, -0.15) is 10.1 Å². The van der Waals surface area contributed by atoms with Gasteiger partial charge in [0.25, 0.3) is 0 Å². The largest absolute Gasteiger partial charge is 0.368 e. The van der Waals surface area contributed by atoms with Gasteiger partial charge in [-0.1, -0.05) is 15.9 Å². The molecule has 1 aliphatic rings. The second kappa shape index (κ2) is 5.40. The number of nitrogens with zero attached hydrogens (tertiary/aromatic N) is 5. The third kappa shape index (κ3) is 2.63. The van der Waals surface area contributed by atoms with Gasteiger partial charge in [0, 0.05) is 36.7 Å². The van der Waals surface area contributed by atoms with Gasteiger partial charge in [0.2, 0.25) is 5.95 Å². The molecular formula is C13H17BrN6. The lowest BCUT2D eigenvalue weighted by atomic mass is 9.96. The van der Waals surface area contributed by atoms with E-state index in [2.05, 4.69) is 42.0 Å². The Morgan fingerprint density at radius 3 is 2.70 bits per heavy atom. The molecule has 6 nitrogen and oxygen atoms in total. The molecule has 2 aromatic rings. The molecule has 1 saturated heterocycles. The summed E-state index contributed by atoms with van der Waals surface area (Å²) in [6.45, 7) is 1.93. The first-order valence-corrected chi connectivity index (χ1v) is 7.45. The van der Waals surface area contributed by atoms with Crippen molar-refractivity contribution in [1.82, 2.24) is 19.7 Å². The van der Waals surface area contributed by atoms with Gasteiger partial charge in [-0.3, -0.25) is 0 Å². The average Bonchev–Trinajstić information content (AvgIpc) is 2.79. The van der Waals surface area contributed by atoms with E-state index in [9.17, 15) is 0 Å². The van der Waals surface area contributed by atoms with E-state index in [1.54, 1.807) is 4.68 Å². The molecule has 0 unspecified atom stereocenters. The normalized spacial score (nSPS) is 16.6. The van der Waals surface area contributed by atoms with Gasteiger partial charge in [-0.15, -0.1) is 0 Å². The van der Waals surface area contributed by atoms with Crippen molar-refractivity contribution in [2.75, 3.05) is 23.7 Å². The SMILES string of the molecule is Cn1nc(C2CCN(c3cc(Br)ccn3)CC2)nc1N. The Labute approximate surface area is 126 Å². The predicted molar refractivity (Wildman–Crippen MR) is 81.5 cm³/mol. The molecular weight excluding hydrogens is 320 g/mol. The Bertz CT molecular complexity index is 583. The molecule has 3 heterocycles. The van der Waals surface area contributed by atoms with Crippen LogP contribution in [0.1, 0.15) is 24.6 Å². The van der Waals surface area contributed by atoms with E-state index in [4.69, 9.17) is 5.73 Å². The van der Waals surface area contributed by atoms with Crippen LogP contribution in [0.15, 0.2) is 22.8 Å². The fourth-order valence-corrected chi connectivity index (χ4v) is 2.85. The zero-order valence-electron chi connectivity index (χ0n) is 11.3. The summed E-state index contributed by atoms with van der Waals surface area (Å²) in [4.78, 5) is 11.1. The zero-order chi connectivity index (χ0) is 14.1. The Kier molecular flexibility index (Phi) is 3.60. The number of halogens is 1. The summed E-state index contributed by atoms with van der Waals surface area (Å²) in [5.74, 6) is 2.76. The van der Waals surface area contributed by atoms with Crippen LogP contribution in [0.2, 0.25) is 0 Å². The van der Waals surface area contributed by atoms with Crippen LogP contribution < -0.4 is 10.6 Å². The van der Waals surface area contributed by atoms with Gasteiger partial charge in [0.1, 0.15) is 5.82 Å². The maximum absolute atomic E-state index is 5.75. The maximum atomic E-state index is 5.75. The highest BCUT2D eigenvalue weighted by molar-refractivity contribution is 9.10. The van der Waals surface area contributed by atoms with E-state index < -0.39 is 0 Å². The minimum Gasteiger partial charge on any atom is -0.368 e. The number of hydrogen-bond donors (Lipinski definition) is 1. The van der Waals surface area contributed by atoms with E-state index >= 15 is 0 Å². The zero-order valence-corrected chi connectivity index (χ0v) is 12.9. The number of piperidine rings is 1. The van der Waals surface area contributed by atoms with Crippen LogP contribution in [0.5, 0.6) is 0 Å². The molecule has 106 valence electrons. The number of pyridine rings is 1. The second-order valence-corrected chi connectivity index (χ2v) is 5.96. The summed E-state index contributed by atoms with van der Waals surface area (Å²) in [7, 11) is 1.83. The van der Waals surface area contributed by atoms with Crippen LogP contribution in [-0.2, 0) is 7.05 Å². The van der Waals surface area contributed by atoms with E-state index in [0.717, 1.165) is 42.0 Å². The fraction of sp³-hybridized carbons (Fsp3) is 0.462. The molecule has 2 aromatic heterocycles. The van der Waals surface area contributed by atoms with Gasteiger partial charge in [-0.05, 0) is 25.0 Å². The van der Waals surface area contributed by atoms with Gasteiger partial charge < -0.3 is 10.6 Å². The molecule has 0 atom stereocenters. The Hall–Kier alpha value is -1.63. The molecule has 0 aromatic carbocycles. The van der Waals surface area contributed by atoms with Crippen molar-refractivity contribution in [2.45, 2.75) is 18.8 Å². The molecule has 20 heavy (non-hydrogen) atoms. The standard InChI is InChI=1S/C13H17BrN6/c1-19-13(15)17-12(18-19)9-3-6-20(7-4-9)11-8-10(14)2-5-16-11/h2,5,8-9H,3-4,6-7H2,1H3,(H2,15,17,18). The predicted octanol–water partition coefficient (Wildman–Crippen LogP) is 1.94. The van der Waals surface area contributed by atoms with Crippen molar-refractivity contribution < 1.29 is 0 Å². The number of aryl methyl sites for hydroxylation is 1. The molecule has 2 N–H and O–H groups in total. The van der Waals surface area contributed by atoms with E-state index in [1.165, 1.54) is 0 Å². The summed E-state index contributed by atoms with van der Waals surface area (Å²) in [6, 6.07) is 3.99. The smallest absolute Gasteiger partial charge is 0.218 e. The van der Waals surface area contributed by atoms with Crippen molar-refractivity contribution >= 4 is 27.7 Å². The van der Waals surface area contributed by atoms with Crippen molar-refractivity contribution in [2.24, 2.45) is 7.05 Å². The minimum atomic E-state index is 0.391. The highest BCUT2D eigenvalue weighted by Crippen LogP contribution is 2.29. The molecule has 0 aliphatic carbocycles. The summed E-state index contributed by atoms with van der Waals surface area (Å²) in [5, 5.41) is 4.38. The summed E-state index contributed by atoms with van der Waals surface area (Å²) >= 11 is 3.48. The van der Waals surface area contributed by atoms with E-state index in [-0.39, 0.29) is 0 Å². The molecule has 0 spiro atoms. The third-order valence-electron chi connectivity index (χ3n) is 3.70. The molecule has 3 rings (SSSR count). The first-order valence-electron chi connectivity index (χ1n) is 6.66. The lowest BCUT2D eigenvalue weighted by Gasteiger charge is -2.31. The Morgan fingerprint density at radius 2 is 2.10 bits per heavy atom. The van der Waals surface area contributed by atoms with E-state index in [1.807, 2.05) is 19.3 Å². The molecule has 0 saturated carbocycles. The quantitative estimate of drug-likeness (QED) is 0.907. The lowest BCUT2D eigenvalue weighted by molar-refractivity contribution is 0.481. The van der Waals surface area contributed by atoms with Crippen LogP contribution in [0, 0.1) is 0 Å². The number of anilines is 2. The highest BCUT2D eigenvalue weighted by atomic mass is 79.9. The molecule has 0 bridgehead atoms.